The van der Waals surface area contributed by atoms with Gasteiger partial charge in [0, 0.05) is 17.8 Å². The zero-order chi connectivity index (χ0) is 14.4. The molecule has 1 unspecified atom stereocenters. The fourth-order valence-electron chi connectivity index (χ4n) is 1.41. The van der Waals surface area contributed by atoms with Gasteiger partial charge in [-0.2, -0.15) is 0 Å². The van der Waals surface area contributed by atoms with Gasteiger partial charge in [0.15, 0.2) is 18.1 Å². The number of benzene rings is 1. The van der Waals surface area contributed by atoms with E-state index in [-0.39, 0.29) is 18.6 Å². The van der Waals surface area contributed by atoms with Crippen LogP contribution in [0.2, 0.25) is 0 Å². The third-order valence-electron chi connectivity index (χ3n) is 2.94. The average Bonchev–Trinajstić information content (AvgIpc) is 2.36. The van der Waals surface area contributed by atoms with E-state index in [2.05, 4.69) is 19.2 Å². The molecule has 1 rings (SSSR count). The normalized spacial score (nSPS) is 12.1. The van der Waals surface area contributed by atoms with Crippen LogP contribution in [-0.2, 0) is 4.79 Å². The molecule has 1 amide bonds. The molecule has 0 fully saturated rings. The van der Waals surface area contributed by atoms with Gasteiger partial charge in [0.1, 0.15) is 0 Å². The van der Waals surface area contributed by atoms with E-state index in [0.29, 0.717) is 23.1 Å². The predicted octanol–water partition coefficient (Wildman–Crippen LogP) is 1.82. The molecule has 0 aliphatic rings. The molecular weight excluding hydrogens is 244 g/mol. The van der Waals surface area contributed by atoms with Gasteiger partial charge < -0.3 is 20.5 Å². The summed E-state index contributed by atoms with van der Waals surface area (Å²) in [7, 11) is 1.53. The summed E-state index contributed by atoms with van der Waals surface area (Å²) in [4.78, 5) is 11.7. The highest BCUT2D eigenvalue weighted by atomic mass is 16.5. The van der Waals surface area contributed by atoms with Gasteiger partial charge in [0.05, 0.1) is 7.11 Å². The molecular formula is C14H22N2O3. The number of anilines is 1. The molecule has 5 nitrogen and oxygen atoms in total. The molecule has 3 N–H and O–H groups in total. The highest BCUT2D eigenvalue weighted by molar-refractivity contribution is 5.78. The van der Waals surface area contributed by atoms with Crippen LogP contribution in [0.4, 0.5) is 5.69 Å². The van der Waals surface area contributed by atoms with Crippen molar-refractivity contribution in [1.29, 1.82) is 0 Å². The molecule has 0 radical (unpaired) electrons. The molecule has 0 spiro atoms. The Bertz CT molecular complexity index is 433. The van der Waals surface area contributed by atoms with Gasteiger partial charge in [0.25, 0.3) is 5.91 Å². The Morgan fingerprint density at radius 1 is 1.32 bits per heavy atom. The SMILES string of the molecule is COc1cc(N)ccc1OCC(=O)NC(C)C(C)C. The first-order valence-corrected chi connectivity index (χ1v) is 6.29. The van der Waals surface area contributed by atoms with Crippen molar-refractivity contribution < 1.29 is 14.3 Å². The summed E-state index contributed by atoms with van der Waals surface area (Å²) in [6.07, 6.45) is 0. The number of methoxy groups -OCH3 is 1. The van der Waals surface area contributed by atoms with Gasteiger partial charge in [-0.05, 0) is 25.0 Å². The minimum absolute atomic E-state index is 0.0443. The van der Waals surface area contributed by atoms with E-state index in [0.717, 1.165) is 0 Å². The van der Waals surface area contributed by atoms with E-state index in [4.69, 9.17) is 15.2 Å². The Morgan fingerprint density at radius 3 is 2.58 bits per heavy atom. The fourth-order valence-corrected chi connectivity index (χ4v) is 1.41. The largest absolute Gasteiger partial charge is 0.493 e. The Kier molecular flexibility index (Phi) is 5.48. The second-order valence-electron chi connectivity index (χ2n) is 4.80. The van der Waals surface area contributed by atoms with E-state index in [1.807, 2.05) is 6.92 Å². The summed E-state index contributed by atoms with van der Waals surface area (Å²) in [6.45, 7) is 6.02. The molecule has 19 heavy (non-hydrogen) atoms. The van der Waals surface area contributed by atoms with Crippen molar-refractivity contribution >= 4 is 11.6 Å². The van der Waals surface area contributed by atoms with Crippen LogP contribution in [0, 0.1) is 5.92 Å². The standard InChI is InChI=1S/C14H22N2O3/c1-9(2)10(3)16-14(17)8-19-12-6-5-11(15)7-13(12)18-4/h5-7,9-10H,8,15H2,1-4H3,(H,16,17). The third-order valence-corrected chi connectivity index (χ3v) is 2.94. The van der Waals surface area contributed by atoms with E-state index in [9.17, 15) is 4.79 Å². The number of nitrogens with one attached hydrogen (secondary N) is 1. The average molecular weight is 266 g/mol. The van der Waals surface area contributed by atoms with Crippen molar-refractivity contribution in [2.45, 2.75) is 26.8 Å². The number of carbonyl (C=O) groups excluding carboxylic acids is 1. The van der Waals surface area contributed by atoms with Crippen molar-refractivity contribution in [3.05, 3.63) is 18.2 Å². The smallest absolute Gasteiger partial charge is 0.258 e. The summed E-state index contributed by atoms with van der Waals surface area (Å²) >= 11 is 0. The maximum Gasteiger partial charge on any atom is 0.258 e. The van der Waals surface area contributed by atoms with Crippen LogP contribution < -0.4 is 20.5 Å². The number of nitrogen functional groups attached to an aromatic ring is 1. The van der Waals surface area contributed by atoms with E-state index in [1.54, 1.807) is 18.2 Å². The monoisotopic (exact) mass is 266 g/mol. The second-order valence-corrected chi connectivity index (χ2v) is 4.80. The summed E-state index contributed by atoms with van der Waals surface area (Å²) in [5.74, 6) is 1.25. The topological polar surface area (TPSA) is 73.6 Å². The van der Waals surface area contributed by atoms with Gasteiger partial charge in [-0.25, -0.2) is 0 Å². The first kappa shape index (κ1) is 15.1. The lowest BCUT2D eigenvalue weighted by Crippen LogP contribution is -2.38. The minimum atomic E-state index is -0.153. The van der Waals surface area contributed by atoms with E-state index >= 15 is 0 Å². The molecule has 1 aromatic rings. The van der Waals surface area contributed by atoms with Crippen molar-refractivity contribution in [2.75, 3.05) is 19.5 Å². The highest BCUT2D eigenvalue weighted by Crippen LogP contribution is 2.28. The molecule has 0 heterocycles. The van der Waals surface area contributed by atoms with Crippen LogP contribution in [-0.4, -0.2) is 25.7 Å². The molecule has 106 valence electrons. The predicted molar refractivity (Wildman–Crippen MR) is 75.3 cm³/mol. The zero-order valence-corrected chi connectivity index (χ0v) is 11.9. The van der Waals surface area contributed by atoms with Crippen LogP contribution in [0.3, 0.4) is 0 Å². The Labute approximate surface area is 114 Å². The van der Waals surface area contributed by atoms with Crippen LogP contribution in [0.15, 0.2) is 18.2 Å². The summed E-state index contributed by atoms with van der Waals surface area (Å²) in [6, 6.07) is 5.16. The second kappa shape index (κ2) is 6.87. The van der Waals surface area contributed by atoms with Crippen molar-refractivity contribution in [3.8, 4) is 11.5 Å². The van der Waals surface area contributed by atoms with Crippen molar-refractivity contribution in [2.24, 2.45) is 5.92 Å². The number of rotatable bonds is 6. The molecule has 0 bridgehead atoms. The fraction of sp³-hybridized carbons (Fsp3) is 0.500. The number of hydrogen-bond donors (Lipinski definition) is 2. The number of nitrogens with two attached hydrogens (primary N) is 1. The van der Waals surface area contributed by atoms with Gasteiger partial charge in [-0.3, -0.25) is 4.79 Å². The van der Waals surface area contributed by atoms with E-state index in [1.165, 1.54) is 7.11 Å². The lowest BCUT2D eigenvalue weighted by molar-refractivity contribution is -0.124. The minimum Gasteiger partial charge on any atom is -0.493 e. The summed E-state index contributed by atoms with van der Waals surface area (Å²) in [5, 5.41) is 2.87. The molecule has 1 atom stereocenters. The van der Waals surface area contributed by atoms with Gasteiger partial charge >= 0.3 is 0 Å². The van der Waals surface area contributed by atoms with Crippen molar-refractivity contribution in [1.82, 2.24) is 5.32 Å². The number of hydrogen-bond acceptors (Lipinski definition) is 4. The molecule has 0 saturated heterocycles. The quantitative estimate of drug-likeness (QED) is 0.770. The third kappa shape index (κ3) is 4.69. The van der Waals surface area contributed by atoms with Gasteiger partial charge in [-0.15, -0.1) is 0 Å². The molecule has 0 aromatic heterocycles. The van der Waals surface area contributed by atoms with E-state index < -0.39 is 0 Å². The van der Waals surface area contributed by atoms with Crippen molar-refractivity contribution in [3.63, 3.8) is 0 Å². The first-order valence-electron chi connectivity index (χ1n) is 6.29. The lowest BCUT2D eigenvalue weighted by atomic mass is 10.1. The maximum absolute atomic E-state index is 11.7. The highest BCUT2D eigenvalue weighted by Gasteiger charge is 2.12. The first-order chi connectivity index (χ1) is 8.93. The molecule has 0 aliphatic carbocycles. The Morgan fingerprint density at radius 2 is 2.00 bits per heavy atom. The van der Waals surface area contributed by atoms with Crippen LogP contribution in [0.5, 0.6) is 11.5 Å². The van der Waals surface area contributed by atoms with Crippen LogP contribution >= 0.6 is 0 Å². The Hall–Kier alpha value is -1.91. The number of ether oxygens (including phenoxy) is 2. The van der Waals surface area contributed by atoms with Crippen LogP contribution in [0.25, 0.3) is 0 Å². The molecule has 0 aliphatic heterocycles. The Balaban J connectivity index is 2.55. The summed E-state index contributed by atoms with van der Waals surface area (Å²) in [5.41, 5.74) is 6.23. The van der Waals surface area contributed by atoms with Gasteiger partial charge in [-0.1, -0.05) is 13.8 Å². The lowest BCUT2D eigenvalue weighted by Gasteiger charge is -2.18. The molecule has 1 aromatic carbocycles. The maximum atomic E-state index is 11.7. The van der Waals surface area contributed by atoms with Gasteiger partial charge in [0.2, 0.25) is 0 Å². The number of amides is 1. The van der Waals surface area contributed by atoms with Crippen LogP contribution in [0.1, 0.15) is 20.8 Å². The number of carbonyl (C=O) groups is 1. The molecule has 5 heteroatoms. The zero-order valence-electron chi connectivity index (χ0n) is 11.9. The molecule has 0 saturated carbocycles. The summed E-state index contributed by atoms with van der Waals surface area (Å²) < 4.78 is 10.6.